The van der Waals surface area contributed by atoms with Gasteiger partial charge in [-0.25, -0.2) is 9.37 Å². The summed E-state index contributed by atoms with van der Waals surface area (Å²) in [6.45, 7) is 1.43. The lowest BCUT2D eigenvalue weighted by Crippen LogP contribution is -2.30. The SMILES string of the molecule is O=C(NCc1ccc(-c2ccco2)cc1F)c1cccc(C(=O)N2CCCC2)n1. The van der Waals surface area contributed by atoms with Crippen molar-refractivity contribution in [1.29, 1.82) is 0 Å². The van der Waals surface area contributed by atoms with Crippen LogP contribution in [0.15, 0.2) is 59.2 Å². The number of nitrogens with one attached hydrogen (secondary N) is 1. The molecule has 3 aromatic rings. The molecule has 29 heavy (non-hydrogen) atoms. The maximum absolute atomic E-state index is 14.4. The van der Waals surface area contributed by atoms with Crippen LogP contribution in [0.4, 0.5) is 4.39 Å². The Morgan fingerprint density at radius 3 is 2.59 bits per heavy atom. The molecule has 7 heteroatoms. The van der Waals surface area contributed by atoms with Crippen molar-refractivity contribution in [2.45, 2.75) is 19.4 Å². The van der Waals surface area contributed by atoms with Crippen molar-refractivity contribution < 1.29 is 18.4 Å². The summed E-state index contributed by atoms with van der Waals surface area (Å²) in [5, 5.41) is 2.66. The molecular formula is C22H20FN3O3. The molecule has 0 bridgehead atoms. The predicted octanol–water partition coefficient (Wildman–Crippen LogP) is 3.65. The summed E-state index contributed by atoms with van der Waals surface area (Å²) in [7, 11) is 0. The van der Waals surface area contributed by atoms with Crippen molar-refractivity contribution in [1.82, 2.24) is 15.2 Å². The Hall–Kier alpha value is -3.48. The van der Waals surface area contributed by atoms with Crippen LogP contribution in [0.2, 0.25) is 0 Å². The number of pyridine rings is 1. The van der Waals surface area contributed by atoms with Gasteiger partial charge >= 0.3 is 0 Å². The van der Waals surface area contributed by atoms with Crippen molar-refractivity contribution in [2.75, 3.05) is 13.1 Å². The van der Waals surface area contributed by atoms with Crippen molar-refractivity contribution in [3.8, 4) is 11.3 Å². The third kappa shape index (κ3) is 4.18. The highest BCUT2D eigenvalue weighted by molar-refractivity contribution is 5.96. The summed E-state index contributed by atoms with van der Waals surface area (Å²) >= 11 is 0. The number of furan rings is 1. The van der Waals surface area contributed by atoms with E-state index in [0.717, 1.165) is 12.8 Å². The molecule has 0 aliphatic carbocycles. The number of carbonyl (C=O) groups excluding carboxylic acids is 2. The van der Waals surface area contributed by atoms with E-state index in [2.05, 4.69) is 10.3 Å². The number of hydrogen-bond acceptors (Lipinski definition) is 4. The molecule has 0 atom stereocenters. The van der Waals surface area contributed by atoms with E-state index in [-0.39, 0.29) is 23.8 Å². The lowest BCUT2D eigenvalue weighted by Gasteiger charge is -2.14. The second-order valence-electron chi connectivity index (χ2n) is 6.87. The highest BCUT2D eigenvalue weighted by atomic mass is 19.1. The molecule has 1 aromatic carbocycles. The van der Waals surface area contributed by atoms with Gasteiger partial charge in [-0.05, 0) is 43.2 Å². The first-order valence-electron chi connectivity index (χ1n) is 9.48. The Kier molecular flexibility index (Phi) is 5.37. The van der Waals surface area contributed by atoms with Crippen LogP contribution in [0.5, 0.6) is 0 Å². The average Bonchev–Trinajstić information content (AvgIpc) is 3.46. The highest BCUT2D eigenvalue weighted by Crippen LogP contribution is 2.22. The molecule has 0 unspecified atom stereocenters. The van der Waals surface area contributed by atoms with Crippen molar-refractivity contribution in [3.05, 3.63) is 77.6 Å². The quantitative estimate of drug-likeness (QED) is 0.718. The lowest BCUT2D eigenvalue weighted by molar-refractivity contribution is 0.0787. The minimum Gasteiger partial charge on any atom is -0.464 e. The van der Waals surface area contributed by atoms with Crippen molar-refractivity contribution in [3.63, 3.8) is 0 Å². The van der Waals surface area contributed by atoms with Gasteiger partial charge in [0, 0.05) is 30.8 Å². The van der Waals surface area contributed by atoms with E-state index in [0.29, 0.717) is 30.0 Å². The summed E-state index contributed by atoms with van der Waals surface area (Å²) in [6, 6.07) is 13.0. The minimum absolute atomic E-state index is 0.00901. The number of rotatable bonds is 5. The van der Waals surface area contributed by atoms with E-state index in [1.807, 2.05) is 0 Å². The van der Waals surface area contributed by atoms with Gasteiger partial charge in [0.2, 0.25) is 0 Å². The van der Waals surface area contributed by atoms with E-state index < -0.39 is 11.7 Å². The number of amides is 2. The number of nitrogens with zero attached hydrogens (tertiary/aromatic N) is 2. The Morgan fingerprint density at radius 2 is 1.86 bits per heavy atom. The Labute approximate surface area is 167 Å². The molecule has 6 nitrogen and oxygen atoms in total. The van der Waals surface area contributed by atoms with Gasteiger partial charge in [-0.1, -0.05) is 18.2 Å². The van der Waals surface area contributed by atoms with Crippen LogP contribution in [0, 0.1) is 5.82 Å². The van der Waals surface area contributed by atoms with Crippen LogP contribution in [0.1, 0.15) is 39.4 Å². The molecule has 0 saturated carbocycles. The zero-order valence-corrected chi connectivity index (χ0v) is 15.7. The van der Waals surface area contributed by atoms with Gasteiger partial charge in [0.05, 0.1) is 6.26 Å². The second kappa shape index (κ2) is 8.26. The molecule has 2 amide bonds. The Morgan fingerprint density at radius 1 is 1.07 bits per heavy atom. The normalized spacial score (nSPS) is 13.5. The van der Waals surface area contributed by atoms with Crippen LogP contribution in [0.25, 0.3) is 11.3 Å². The van der Waals surface area contributed by atoms with Crippen LogP contribution >= 0.6 is 0 Å². The van der Waals surface area contributed by atoms with E-state index >= 15 is 0 Å². The van der Waals surface area contributed by atoms with Gasteiger partial charge in [0.25, 0.3) is 11.8 Å². The summed E-state index contributed by atoms with van der Waals surface area (Å²) in [5.41, 5.74) is 1.34. The molecule has 1 fully saturated rings. The molecule has 0 spiro atoms. The summed E-state index contributed by atoms with van der Waals surface area (Å²) in [5.74, 6) is -0.499. The number of benzene rings is 1. The second-order valence-corrected chi connectivity index (χ2v) is 6.87. The first-order chi connectivity index (χ1) is 14.1. The Bertz CT molecular complexity index is 1030. The topological polar surface area (TPSA) is 75.4 Å². The molecule has 4 rings (SSSR count). The Balaban J connectivity index is 1.42. The number of hydrogen-bond donors (Lipinski definition) is 1. The first kappa shape index (κ1) is 18.9. The van der Waals surface area contributed by atoms with Crippen LogP contribution in [-0.2, 0) is 6.54 Å². The van der Waals surface area contributed by atoms with Gasteiger partial charge in [-0.15, -0.1) is 0 Å². The van der Waals surface area contributed by atoms with Gasteiger partial charge < -0.3 is 14.6 Å². The van der Waals surface area contributed by atoms with Crippen molar-refractivity contribution >= 4 is 11.8 Å². The number of aromatic nitrogens is 1. The van der Waals surface area contributed by atoms with Gasteiger partial charge in [0.1, 0.15) is 23.0 Å². The third-order valence-electron chi connectivity index (χ3n) is 4.89. The van der Waals surface area contributed by atoms with E-state index in [1.54, 1.807) is 41.3 Å². The largest absolute Gasteiger partial charge is 0.464 e. The number of likely N-dealkylation sites (tertiary alicyclic amines) is 1. The molecule has 1 N–H and O–H groups in total. The smallest absolute Gasteiger partial charge is 0.272 e. The maximum atomic E-state index is 14.4. The number of carbonyl (C=O) groups is 2. The summed E-state index contributed by atoms with van der Waals surface area (Å²) in [4.78, 5) is 30.8. The molecular weight excluding hydrogens is 373 g/mol. The minimum atomic E-state index is -0.462. The molecule has 1 aliphatic rings. The fourth-order valence-electron chi connectivity index (χ4n) is 3.32. The number of halogens is 1. The lowest BCUT2D eigenvalue weighted by atomic mass is 10.1. The standard InChI is InChI=1S/C22H20FN3O3/c23-17-13-15(20-7-4-12-29-20)8-9-16(17)14-24-21(27)18-5-3-6-19(25-18)22(28)26-10-1-2-11-26/h3-9,12-13H,1-2,10-11,14H2,(H,24,27). The molecule has 2 aromatic heterocycles. The molecule has 1 saturated heterocycles. The van der Waals surface area contributed by atoms with Crippen LogP contribution in [0.3, 0.4) is 0 Å². The zero-order chi connectivity index (χ0) is 20.2. The van der Waals surface area contributed by atoms with E-state index in [9.17, 15) is 14.0 Å². The molecule has 148 valence electrons. The summed E-state index contributed by atoms with van der Waals surface area (Å²) in [6.07, 6.45) is 3.49. The molecule has 1 aliphatic heterocycles. The van der Waals surface area contributed by atoms with E-state index in [1.165, 1.54) is 18.4 Å². The fraction of sp³-hybridized carbons (Fsp3) is 0.227. The van der Waals surface area contributed by atoms with Crippen LogP contribution < -0.4 is 5.32 Å². The highest BCUT2D eigenvalue weighted by Gasteiger charge is 2.21. The van der Waals surface area contributed by atoms with Crippen molar-refractivity contribution in [2.24, 2.45) is 0 Å². The van der Waals surface area contributed by atoms with Gasteiger partial charge in [0.15, 0.2) is 0 Å². The van der Waals surface area contributed by atoms with E-state index in [4.69, 9.17) is 4.42 Å². The monoisotopic (exact) mass is 393 g/mol. The van der Waals surface area contributed by atoms with Gasteiger partial charge in [-0.3, -0.25) is 9.59 Å². The average molecular weight is 393 g/mol. The summed E-state index contributed by atoms with van der Waals surface area (Å²) < 4.78 is 19.6. The first-order valence-corrected chi connectivity index (χ1v) is 9.48. The molecule has 3 heterocycles. The molecule has 0 radical (unpaired) electrons. The van der Waals surface area contributed by atoms with Crippen LogP contribution in [-0.4, -0.2) is 34.8 Å². The third-order valence-corrected chi connectivity index (χ3v) is 4.89. The fourth-order valence-corrected chi connectivity index (χ4v) is 3.32. The zero-order valence-electron chi connectivity index (χ0n) is 15.7. The van der Waals surface area contributed by atoms with Gasteiger partial charge in [-0.2, -0.15) is 0 Å². The predicted molar refractivity (Wildman–Crippen MR) is 105 cm³/mol. The maximum Gasteiger partial charge on any atom is 0.272 e.